The zero-order valence-corrected chi connectivity index (χ0v) is 6.51. The van der Waals surface area contributed by atoms with Crippen molar-refractivity contribution in [3.8, 4) is 0 Å². The average Bonchev–Trinajstić information content (AvgIpc) is 2.57. The van der Waals surface area contributed by atoms with Crippen LogP contribution >= 0.6 is 11.3 Å². The normalized spacial score (nSPS) is 8.36. The molecule has 2 aromatic heterocycles. The van der Waals surface area contributed by atoms with Crippen LogP contribution < -0.4 is 5.76 Å². The highest BCUT2D eigenvalue weighted by Gasteiger charge is 1.72. The van der Waals surface area contributed by atoms with E-state index in [0.29, 0.717) is 0 Å². The lowest BCUT2D eigenvalue weighted by Gasteiger charge is -1.51. The van der Waals surface area contributed by atoms with Crippen LogP contribution in [0.25, 0.3) is 0 Å². The molecule has 0 amide bonds. The van der Waals surface area contributed by atoms with Gasteiger partial charge in [-0.3, -0.25) is 4.98 Å². The molecule has 0 spiro atoms. The first kappa shape index (κ1) is 7.81. The molecule has 0 radical (unpaired) electrons. The lowest BCUT2D eigenvalue weighted by Crippen LogP contribution is -1.91. The first-order chi connectivity index (χ1) is 5.39. The first-order valence-electron chi connectivity index (χ1n) is 2.99. The van der Waals surface area contributed by atoms with Gasteiger partial charge in [-0.25, -0.2) is 4.79 Å². The van der Waals surface area contributed by atoms with Gasteiger partial charge in [0.1, 0.15) is 6.26 Å². The molecule has 4 heteroatoms. The Hall–Kier alpha value is -1.29. The zero-order valence-electron chi connectivity index (χ0n) is 5.69. The van der Waals surface area contributed by atoms with Crippen molar-refractivity contribution in [3.05, 3.63) is 45.9 Å². The minimum atomic E-state index is -0.407. The maximum atomic E-state index is 9.85. The van der Waals surface area contributed by atoms with E-state index in [1.54, 1.807) is 11.3 Å². The third-order valence-electron chi connectivity index (χ3n) is 0.870. The van der Waals surface area contributed by atoms with E-state index < -0.39 is 5.76 Å². The Balaban J connectivity index is 0.000000112. The number of aromatic amines is 1. The highest BCUT2D eigenvalue weighted by atomic mass is 32.1. The predicted octanol–water partition coefficient (Wildman–Crippen LogP) is 1.72. The van der Waals surface area contributed by atoms with Crippen LogP contribution in [0, 0.1) is 0 Å². The highest BCUT2D eigenvalue weighted by Crippen LogP contribution is 1.91. The molecule has 0 fully saturated rings. The van der Waals surface area contributed by atoms with Crippen LogP contribution in [0.15, 0.2) is 44.6 Å². The average molecular weight is 169 g/mol. The number of rotatable bonds is 0. The fourth-order valence-electron chi connectivity index (χ4n) is 0.459. The molecule has 0 saturated carbocycles. The van der Waals surface area contributed by atoms with Crippen molar-refractivity contribution >= 4 is 11.3 Å². The molecular formula is C7H7NO2S. The standard InChI is InChI=1S/C4H4S.C3H3NO2/c1-2-4-5-3-1;5-3-4-1-2-6-3/h1-4H;1-2H,(H,4,5). The molecule has 0 aliphatic rings. The van der Waals surface area contributed by atoms with E-state index in [-0.39, 0.29) is 0 Å². The van der Waals surface area contributed by atoms with E-state index in [1.165, 1.54) is 12.5 Å². The molecule has 0 bridgehead atoms. The summed E-state index contributed by atoms with van der Waals surface area (Å²) in [4.78, 5) is 12.1. The minimum absolute atomic E-state index is 0.407. The Morgan fingerprint density at radius 1 is 1.36 bits per heavy atom. The van der Waals surface area contributed by atoms with Crippen LogP contribution in [-0.4, -0.2) is 4.98 Å². The van der Waals surface area contributed by atoms with Gasteiger partial charge in [-0.05, 0) is 10.8 Å². The van der Waals surface area contributed by atoms with Crippen LogP contribution in [0.4, 0.5) is 0 Å². The van der Waals surface area contributed by atoms with E-state index in [1.807, 2.05) is 22.9 Å². The van der Waals surface area contributed by atoms with Crippen LogP contribution in [0.2, 0.25) is 0 Å². The first-order valence-corrected chi connectivity index (χ1v) is 3.93. The molecule has 0 aliphatic carbocycles. The van der Waals surface area contributed by atoms with Gasteiger partial charge in [-0.2, -0.15) is 11.3 Å². The van der Waals surface area contributed by atoms with E-state index >= 15 is 0 Å². The van der Waals surface area contributed by atoms with Crippen molar-refractivity contribution in [1.29, 1.82) is 0 Å². The number of aromatic nitrogens is 1. The third-order valence-corrected chi connectivity index (χ3v) is 1.50. The zero-order chi connectivity index (χ0) is 7.94. The van der Waals surface area contributed by atoms with Gasteiger partial charge in [0.05, 0.1) is 0 Å². The van der Waals surface area contributed by atoms with Gasteiger partial charge in [0.25, 0.3) is 0 Å². The van der Waals surface area contributed by atoms with Gasteiger partial charge in [-0.1, -0.05) is 12.1 Å². The highest BCUT2D eigenvalue weighted by molar-refractivity contribution is 7.07. The molecule has 2 rings (SSSR count). The van der Waals surface area contributed by atoms with Gasteiger partial charge < -0.3 is 4.42 Å². The molecule has 0 saturated heterocycles. The van der Waals surface area contributed by atoms with Crippen LogP contribution in [-0.2, 0) is 0 Å². The second kappa shape index (κ2) is 4.51. The lowest BCUT2D eigenvalue weighted by molar-refractivity contribution is 0.515. The third kappa shape index (κ3) is 3.42. The van der Waals surface area contributed by atoms with Crippen LogP contribution in [0.3, 0.4) is 0 Å². The van der Waals surface area contributed by atoms with Crippen LogP contribution in [0.5, 0.6) is 0 Å². The molecule has 11 heavy (non-hydrogen) atoms. The quantitative estimate of drug-likeness (QED) is 0.652. The van der Waals surface area contributed by atoms with Gasteiger partial charge >= 0.3 is 5.76 Å². The summed E-state index contributed by atoms with van der Waals surface area (Å²) in [7, 11) is 0. The maximum Gasteiger partial charge on any atom is 0.416 e. The second-order valence-corrected chi connectivity index (χ2v) is 2.46. The van der Waals surface area contributed by atoms with Crippen molar-refractivity contribution < 1.29 is 4.42 Å². The minimum Gasteiger partial charge on any atom is -0.417 e. The summed E-state index contributed by atoms with van der Waals surface area (Å²) in [6, 6.07) is 4.04. The molecule has 0 atom stereocenters. The lowest BCUT2D eigenvalue weighted by atomic mass is 10.7. The summed E-state index contributed by atoms with van der Waals surface area (Å²) in [5, 5.41) is 4.08. The van der Waals surface area contributed by atoms with E-state index in [9.17, 15) is 4.79 Å². The van der Waals surface area contributed by atoms with Crippen molar-refractivity contribution in [2.45, 2.75) is 0 Å². The summed E-state index contributed by atoms with van der Waals surface area (Å²) in [5.74, 6) is -0.407. The summed E-state index contributed by atoms with van der Waals surface area (Å²) in [5.41, 5.74) is 0. The fraction of sp³-hybridized carbons (Fsp3) is 0. The number of thiophene rings is 1. The monoisotopic (exact) mass is 169 g/mol. The van der Waals surface area contributed by atoms with Crippen molar-refractivity contribution in [2.24, 2.45) is 0 Å². The van der Waals surface area contributed by atoms with Crippen molar-refractivity contribution in [3.63, 3.8) is 0 Å². The summed E-state index contributed by atoms with van der Waals surface area (Å²) in [6.07, 6.45) is 2.73. The van der Waals surface area contributed by atoms with E-state index in [0.717, 1.165) is 0 Å². The van der Waals surface area contributed by atoms with E-state index in [2.05, 4.69) is 9.40 Å². The number of hydrogen-bond acceptors (Lipinski definition) is 3. The molecule has 0 unspecified atom stereocenters. The Morgan fingerprint density at radius 2 is 2.09 bits per heavy atom. The Labute approximate surface area is 67.3 Å². The van der Waals surface area contributed by atoms with Crippen molar-refractivity contribution in [2.75, 3.05) is 0 Å². The summed E-state index contributed by atoms with van der Waals surface area (Å²) in [6.45, 7) is 0. The second-order valence-electron chi connectivity index (χ2n) is 1.65. The number of hydrogen-bond donors (Lipinski definition) is 1. The molecule has 2 heterocycles. The Kier molecular flexibility index (Phi) is 3.21. The largest absolute Gasteiger partial charge is 0.417 e. The van der Waals surface area contributed by atoms with Gasteiger partial charge in [0, 0.05) is 6.20 Å². The maximum absolute atomic E-state index is 9.85. The number of H-pyrrole nitrogens is 1. The molecular weight excluding hydrogens is 162 g/mol. The molecule has 0 aromatic carbocycles. The predicted molar refractivity (Wildman–Crippen MR) is 43.6 cm³/mol. The van der Waals surface area contributed by atoms with Gasteiger partial charge in [0.2, 0.25) is 0 Å². The van der Waals surface area contributed by atoms with Gasteiger partial charge in [0.15, 0.2) is 0 Å². The summed E-state index contributed by atoms with van der Waals surface area (Å²) >= 11 is 1.71. The smallest absolute Gasteiger partial charge is 0.416 e. The van der Waals surface area contributed by atoms with Crippen LogP contribution in [0.1, 0.15) is 0 Å². The van der Waals surface area contributed by atoms with E-state index in [4.69, 9.17) is 0 Å². The summed E-state index contributed by atoms with van der Waals surface area (Å²) < 4.78 is 4.22. The van der Waals surface area contributed by atoms with Crippen molar-refractivity contribution in [1.82, 2.24) is 4.98 Å². The molecule has 0 aliphatic heterocycles. The molecule has 3 nitrogen and oxygen atoms in total. The topological polar surface area (TPSA) is 46.0 Å². The Bertz CT molecular complexity index is 275. The number of nitrogens with one attached hydrogen (secondary N) is 1. The molecule has 58 valence electrons. The SMILES string of the molecule is O=c1[nH]cco1.c1ccsc1. The molecule has 1 N–H and O–H groups in total. The van der Waals surface area contributed by atoms with Gasteiger partial charge in [-0.15, -0.1) is 0 Å². The fourth-order valence-corrected chi connectivity index (χ4v) is 0.912. The number of oxazole rings is 1. The molecule has 2 aromatic rings. The Morgan fingerprint density at radius 3 is 2.27 bits per heavy atom.